The smallest absolute Gasteiger partial charge is 0.255 e. The van der Waals surface area contributed by atoms with Crippen LogP contribution in [0.15, 0.2) is 67.0 Å². The summed E-state index contributed by atoms with van der Waals surface area (Å²) in [6.45, 7) is 4.02. The Morgan fingerprint density at radius 2 is 1.82 bits per heavy atom. The number of fused-ring (bicyclic) bond motifs is 1. The SMILES string of the molecule is COc1ccc(C(=O)Nc2cc(-c3cn4ccc(C)cc4n3)ccc2C)cc1. The van der Waals surface area contributed by atoms with Crippen molar-refractivity contribution < 1.29 is 9.53 Å². The molecule has 28 heavy (non-hydrogen) atoms. The molecule has 0 saturated carbocycles. The lowest BCUT2D eigenvalue weighted by Crippen LogP contribution is -2.12. The van der Waals surface area contributed by atoms with Crippen molar-refractivity contribution in [2.24, 2.45) is 0 Å². The summed E-state index contributed by atoms with van der Waals surface area (Å²) in [6, 6.07) is 17.1. The summed E-state index contributed by atoms with van der Waals surface area (Å²) in [4.78, 5) is 17.3. The molecule has 0 aliphatic rings. The third kappa shape index (κ3) is 3.47. The van der Waals surface area contributed by atoms with Gasteiger partial charge in [-0.25, -0.2) is 4.98 Å². The van der Waals surface area contributed by atoms with E-state index >= 15 is 0 Å². The Morgan fingerprint density at radius 3 is 2.57 bits per heavy atom. The number of pyridine rings is 1. The Balaban J connectivity index is 1.63. The average molecular weight is 371 g/mol. The fourth-order valence-corrected chi connectivity index (χ4v) is 3.08. The van der Waals surface area contributed by atoms with Crippen molar-refractivity contribution in [3.05, 3.63) is 83.7 Å². The van der Waals surface area contributed by atoms with Crippen LogP contribution in [0.25, 0.3) is 16.9 Å². The van der Waals surface area contributed by atoms with Crippen LogP contribution in [-0.4, -0.2) is 22.4 Å². The van der Waals surface area contributed by atoms with Gasteiger partial charge in [-0.05, 0) is 67.4 Å². The number of anilines is 1. The lowest BCUT2D eigenvalue weighted by atomic mass is 10.1. The van der Waals surface area contributed by atoms with Gasteiger partial charge in [-0.15, -0.1) is 0 Å². The number of benzene rings is 2. The first-order valence-corrected chi connectivity index (χ1v) is 9.05. The molecule has 1 amide bonds. The molecule has 2 heterocycles. The van der Waals surface area contributed by atoms with Gasteiger partial charge in [0.15, 0.2) is 0 Å². The molecule has 4 aromatic rings. The summed E-state index contributed by atoms with van der Waals surface area (Å²) < 4.78 is 7.14. The quantitative estimate of drug-likeness (QED) is 0.556. The number of carbonyl (C=O) groups excluding carboxylic acids is 1. The van der Waals surface area contributed by atoms with Crippen LogP contribution in [0.3, 0.4) is 0 Å². The standard InChI is InChI=1S/C23H21N3O2/c1-15-10-11-26-14-21(24-22(26)12-15)18-5-4-16(2)20(13-18)25-23(27)17-6-8-19(28-3)9-7-17/h4-14H,1-3H3,(H,25,27). The summed E-state index contributed by atoms with van der Waals surface area (Å²) in [5.74, 6) is 0.561. The van der Waals surface area contributed by atoms with Gasteiger partial charge in [0, 0.05) is 29.2 Å². The largest absolute Gasteiger partial charge is 0.497 e. The van der Waals surface area contributed by atoms with Crippen molar-refractivity contribution in [3.63, 3.8) is 0 Å². The second-order valence-electron chi connectivity index (χ2n) is 6.81. The number of nitrogens with zero attached hydrogens (tertiary/aromatic N) is 2. The number of imidazole rings is 1. The highest BCUT2D eigenvalue weighted by molar-refractivity contribution is 6.05. The summed E-state index contributed by atoms with van der Waals surface area (Å²) >= 11 is 0. The Morgan fingerprint density at radius 1 is 1.04 bits per heavy atom. The van der Waals surface area contributed by atoms with Crippen LogP contribution in [-0.2, 0) is 0 Å². The Hall–Kier alpha value is -3.60. The number of hydrogen-bond acceptors (Lipinski definition) is 3. The predicted octanol–water partition coefficient (Wildman–Crippen LogP) is 4.88. The van der Waals surface area contributed by atoms with Gasteiger partial charge in [0.25, 0.3) is 5.91 Å². The van der Waals surface area contributed by atoms with Gasteiger partial charge in [0.2, 0.25) is 0 Å². The molecule has 0 bridgehead atoms. The predicted molar refractivity (Wildman–Crippen MR) is 111 cm³/mol. The van der Waals surface area contributed by atoms with E-state index in [0.29, 0.717) is 5.56 Å². The van der Waals surface area contributed by atoms with Gasteiger partial charge in [-0.3, -0.25) is 4.79 Å². The van der Waals surface area contributed by atoms with Gasteiger partial charge in [-0.1, -0.05) is 12.1 Å². The number of methoxy groups -OCH3 is 1. The maximum Gasteiger partial charge on any atom is 0.255 e. The molecule has 0 unspecified atom stereocenters. The van der Waals surface area contributed by atoms with E-state index < -0.39 is 0 Å². The van der Waals surface area contributed by atoms with E-state index in [2.05, 4.69) is 5.32 Å². The van der Waals surface area contributed by atoms with Crippen LogP contribution in [0.4, 0.5) is 5.69 Å². The molecule has 0 radical (unpaired) electrons. The number of nitrogens with one attached hydrogen (secondary N) is 1. The molecule has 0 atom stereocenters. The lowest BCUT2D eigenvalue weighted by molar-refractivity contribution is 0.102. The number of amides is 1. The van der Waals surface area contributed by atoms with Crippen molar-refractivity contribution in [2.75, 3.05) is 12.4 Å². The minimum atomic E-state index is -0.159. The van der Waals surface area contributed by atoms with Crippen LogP contribution in [0.2, 0.25) is 0 Å². The van der Waals surface area contributed by atoms with E-state index in [-0.39, 0.29) is 5.91 Å². The van der Waals surface area contributed by atoms with Gasteiger partial charge >= 0.3 is 0 Å². The molecule has 140 valence electrons. The van der Waals surface area contributed by atoms with Gasteiger partial charge in [0.1, 0.15) is 11.4 Å². The highest BCUT2D eigenvalue weighted by Gasteiger charge is 2.11. The van der Waals surface area contributed by atoms with E-state index in [1.807, 2.05) is 61.0 Å². The second kappa shape index (κ2) is 7.19. The molecule has 5 heteroatoms. The third-order valence-electron chi connectivity index (χ3n) is 4.75. The Bertz CT molecular complexity index is 1160. The Kier molecular flexibility index (Phi) is 4.57. The number of carbonyl (C=O) groups is 1. The second-order valence-corrected chi connectivity index (χ2v) is 6.81. The van der Waals surface area contributed by atoms with E-state index in [9.17, 15) is 4.79 Å². The first-order valence-electron chi connectivity index (χ1n) is 9.05. The highest BCUT2D eigenvalue weighted by Crippen LogP contribution is 2.26. The molecule has 2 aromatic carbocycles. The Labute approximate surface area is 163 Å². The number of rotatable bonds is 4. The molecule has 5 nitrogen and oxygen atoms in total. The maximum absolute atomic E-state index is 12.6. The van der Waals surface area contributed by atoms with E-state index in [1.165, 1.54) is 5.56 Å². The van der Waals surface area contributed by atoms with E-state index in [0.717, 1.165) is 33.9 Å². The molecular weight excluding hydrogens is 350 g/mol. The van der Waals surface area contributed by atoms with Crippen molar-refractivity contribution >= 4 is 17.2 Å². The van der Waals surface area contributed by atoms with Crippen molar-refractivity contribution in [3.8, 4) is 17.0 Å². The number of hydrogen-bond donors (Lipinski definition) is 1. The van der Waals surface area contributed by atoms with E-state index in [1.54, 1.807) is 31.4 Å². The minimum absolute atomic E-state index is 0.159. The van der Waals surface area contributed by atoms with Crippen molar-refractivity contribution in [1.29, 1.82) is 0 Å². The molecule has 4 rings (SSSR count). The fraction of sp³-hybridized carbons (Fsp3) is 0.130. The van der Waals surface area contributed by atoms with Crippen LogP contribution in [0.1, 0.15) is 21.5 Å². The maximum atomic E-state index is 12.6. The monoisotopic (exact) mass is 371 g/mol. The average Bonchev–Trinajstić information content (AvgIpc) is 3.12. The molecule has 2 aromatic heterocycles. The highest BCUT2D eigenvalue weighted by atomic mass is 16.5. The van der Waals surface area contributed by atoms with Gasteiger partial charge in [-0.2, -0.15) is 0 Å². The van der Waals surface area contributed by atoms with Crippen LogP contribution in [0.5, 0.6) is 5.75 Å². The number of ether oxygens (including phenoxy) is 1. The van der Waals surface area contributed by atoms with Crippen molar-refractivity contribution in [1.82, 2.24) is 9.38 Å². The normalized spacial score (nSPS) is 10.8. The summed E-state index contributed by atoms with van der Waals surface area (Å²) in [7, 11) is 1.60. The fourth-order valence-electron chi connectivity index (χ4n) is 3.08. The lowest BCUT2D eigenvalue weighted by Gasteiger charge is -2.10. The zero-order chi connectivity index (χ0) is 19.7. The molecule has 0 aliphatic carbocycles. The van der Waals surface area contributed by atoms with Gasteiger partial charge in [0.05, 0.1) is 12.8 Å². The van der Waals surface area contributed by atoms with Gasteiger partial charge < -0.3 is 14.5 Å². The number of aromatic nitrogens is 2. The number of aryl methyl sites for hydroxylation is 2. The van der Waals surface area contributed by atoms with Crippen LogP contribution < -0.4 is 10.1 Å². The summed E-state index contributed by atoms with van der Waals surface area (Å²) in [5, 5.41) is 3.00. The molecular formula is C23H21N3O2. The molecule has 1 N–H and O–H groups in total. The third-order valence-corrected chi connectivity index (χ3v) is 4.75. The zero-order valence-electron chi connectivity index (χ0n) is 16.1. The first kappa shape index (κ1) is 17.8. The minimum Gasteiger partial charge on any atom is -0.497 e. The molecule has 0 saturated heterocycles. The molecule has 0 fully saturated rings. The zero-order valence-corrected chi connectivity index (χ0v) is 16.1. The van der Waals surface area contributed by atoms with E-state index in [4.69, 9.17) is 9.72 Å². The molecule has 0 spiro atoms. The van der Waals surface area contributed by atoms with Crippen LogP contribution >= 0.6 is 0 Å². The topological polar surface area (TPSA) is 55.6 Å². The van der Waals surface area contributed by atoms with Crippen molar-refractivity contribution in [2.45, 2.75) is 13.8 Å². The summed E-state index contributed by atoms with van der Waals surface area (Å²) in [5.41, 5.74) is 6.23. The summed E-state index contributed by atoms with van der Waals surface area (Å²) in [6.07, 6.45) is 4.00. The van der Waals surface area contributed by atoms with Crippen LogP contribution in [0, 0.1) is 13.8 Å². The first-order chi connectivity index (χ1) is 13.5. The molecule has 0 aliphatic heterocycles.